The molecule has 1 aromatic rings. The number of ether oxygens (including phenoxy) is 1. The molecule has 0 radical (unpaired) electrons. The highest BCUT2D eigenvalue weighted by atomic mass is 16.6. The topological polar surface area (TPSA) is 89.5 Å². The van der Waals surface area contributed by atoms with Gasteiger partial charge < -0.3 is 14.5 Å². The van der Waals surface area contributed by atoms with E-state index in [9.17, 15) is 9.59 Å². The Morgan fingerprint density at radius 2 is 1.70 bits per heavy atom. The van der Waals surface area contributed by atoms with E-state index in [1.807, 2.05) is 45.0 Å². The van der Waals surface area contributed by atoms with Crippen LogP contribution >= 0.6 is 0 Å². The SMILES string of the molecule is CC(C)(C)OC(=O)N1CCC(N(C(=O)c2ccc(N3C=NNN3)cc2)C2CC2)CC1. The van der Waals surface area contributed by atoms with Crippen LogP contribution in [-0.4, -0.2) is 58.9 Å². The predicted octanol–water partition coefficient (Wildman–Crippen LogP) is 2.46. The van der Waals surface area contributed by atoms with Gasteiger partial charge >= 0.3 is 6.09 Å². The fourth-order valence-corrected chi connectivity index (χ4v) is 3.88. The van der Waals surface area contributed by atoms with Crippen molar-refractivity contribution in [1.29, 1.82) is 0 Å². The van der Waals surface area contributed by atoms with Crippen LogP contribution in [0.25, 0.3) is 0 Å². The summed E-state index contributed by atoms with van der Waals surface area (Å²) in [7, 11) is 0. The van der Waals surface area contributed by atoms with Gasteiger partial charge in [-0.25, -0.2) is 15.3 Å². The van der Waals surface area contributed by atoms with Crippen LogP contribution in [-0.2, 0) is 4.74 Å². The van der Waals surface area contributed by atoms with E-state index in [0.717, 1.165) is 31.4 Å². The standard InChI is InChI=1S/C21H30N6O3/c1-21(2,3)30-20(29)25-12-10-18(11-13-25)27(17-8-9-17)19(28)15-4-6-16(7-5-15)26-14-22-23-24-26/h4-7,14,17-18,23-24H,8-13H2,1-3H3. The quantitative estimate of drug-likeness (QED) is 0.787. The molecule has 1 saturated heterocycles. The van der Waals surface area contributed by atoms with Crippen molar-refractivity contribution in [1.82, 2.24) is 20.9 Å². The summed E-state index contributed by atoms with van der Waals surface area (Å²) in [5.74, 6) is 0.0703. The number of nitrogens with one attached hydrogen (secondary N) is 2. The lowest BCUT2D eigenvalue weighted by atomic mass is 10.0. The van der Waals surface area contributed by atoms with Crippen molar-refractivity contribution in [2.75, 3.05) is 18.1 Å². The monoisotopic (exact) mass is 414 g/mol. The van der Waals surface area contributed by atoms with Crippen LogP contribution in [0.4, 0.5) is 10.5 Å². The predicted molar refractivity (Wildman–Crippen MR) is 114 cm³/mol. The maximum Gasteiger partial charge on any atom is 0.410 e. The number of hydrogen-bond acceptors (Lipinski definition) is 7. The zero-order valence-corrected chi connectivity index (χ0v) is 17.8. The number of carbonyl (C=O) groups excluding carboxylic acids is 2. The molecule has 3 aliphatic rings. The van der Waals surface area contributed by atoms with Gasteiger partial charge in [-0.2, -0.15) is 5.10 Å². The third-order valence-corrected chi connectivity index (χ3v) is 5.48. The van der Waals surface area contributed by atoms with Crippen molar-refractivity contribution in [3.8, 4) is 0 Å². The van der Waals surface area contributed by atoms with Crippen molar-refractivity contribution in [3.63, 3.8) is 0 Å². The molecule has 1 aromatic carbocycles. The van der Waals surface area contributed by atoms with E-state index in [1.165, 1.54) is 0 Å². The fraction of sp³-hybridized carbons (Fsp3) is 0.571. The molecule has 0 unspecified atom stereocenters. The Hall–Kier alpha value is -2.81. The lowest BCUT2D eigenvalue weighted by molar-refractivity contribution is 0.0142. The number of likely N-dealkylation sites (tertiary alicyclic amines) is 1. The van der Waals surface area contributed by atoms with Crippen LogP contribution in [0.1, 0.15) is 56.8 Å². The van der Waals surface area contributed by atoms with Gasteiger partial charge in [-0.15, -0.1) is 5.53 Å². The van der Waals surface area contributed by atoms with Crippen molar-refractivity contribution < 1.29 is 14.3 Å². The van der Waals surface area contributed by atoms with Crippen LogP contribution in [0, 0.1) is 0 Å². The molecule has 2 heterocycles. The largest absolute Gasteiger partial charge is 0.444 e. The van der Waals surface area contributed by atoms with E-state index in [-0.39, 0.29) is 18.0 Å². The first-order valence-corrected chi connectivity index (χ1v) is 10.6. The first-order valence-electron chi connectivity index (χ1n) is 10.6. The minimum Gasteiger partial charge on any atom is -0.444 e. The summed E-state index contributed by atoms with van der Waals surface area (Å²) in [6.45, 7) is 6.85. The van der Waals surface area contributed by atoms with Crippen molar-refractivity contribution in [3.05, 3.63) is 29.8 Å². The van der Waals surface area contributed by atoms with E-state index in [2.05, 4.69) is 21.1 Å². The lowest BCUT2D eigenvalue weighted by Gasteiger charge is -2.39. The average molecular weight is 415 g/mol. The second-order valence-electron chi connectivity index (χ2n) is 9.03. The number of benzene rings is 1. The molecule has 4 rings (SSSR count). The summed E-state index contributed by atoms with van der Waals surface area (Å²) in [6, 6.07) is 7.98. The minimum absolute atomic E-state index is 0.0703. The molecule has 30 heavy (non-hydrogen) atoms. The first kappa shape index (κ1) is 20.5. The number of nitrogens with zero attached hydrogens (tertiary/aromatic N) is 4. The molecule has 9 heteroatoms. The maximum absolute atomic E-state index is 13.3. The number of carbonyl (C=O) groups is 2. The summed E-state index contributed by atoms with van der Waals surface area (Å²) < 4.78 is 5.49. The van der Waals surface area contributed by atoms with Crippen molar-refractivity contribution in [2.45, 2.75) is 64.1 Å². The summed E-state index contributed by atoms with van der Waals surface area (Å²) in [4.78, 5) is 29.5. The molecule has 0 bridgehead atoms. The molecule has 1 saturated carbocycles. The zero-order valence-electron chi connectivity index (χ0n) is 17.8. The van der Waals surface area contributed by atoms with E-state index < -0.39 is 5.60 Å². The van der Waals surface area contributed by atoms with Crippen LogP contribution in [0.2, 0.25) is 0 Å². The van der Waals surface area contributed by atoms with E-state index in [1.54, 1.807) is 16.2 Å². The van der Waals surface area contributed by atoms with Gasteiger partial charge in [-0.1, -0.05) is 0 Å². The van der Waals surface area contributed by atoms with Crippen LogP contribution in [0.15, 0.2) is 29.4 Å². The van der Waals surface area contributed by atoms with Gasteiger partial charge in [-0.3, -0.25) is 4.79 Å². The molecule has 0 spiro atoms. The molecule has 2 aliphatic heterocycles. The number of hydrogen-bond donors (Lipinski definition) is 2. The van der Waals surface area contributed by atoms with Gasteiger partial charge in [0.25, 0.3) is 5.91 Å². The van der Waals surface area contributed by atoms with E-state index in [0.29, 0.717) is 24.7 Å². The second-order valence-corrected chi connectivity index (χ2v) is 9.03. The summed E-state index contributed by atoms with van der Waals surface area (Å²) in [5, 5.41) is 5.62. The van der Waals surface area contributed by atoms with Crippen molar-refractivity contribution >= 4 is 24.0 Å². The highest BCUT2D eigenvalue weighted by molar-refractivity contribution is 5.95. The summed E-state index contributed by atoms with van der Waals surface area (Å²) >= 11 is 0. The molecule has 162 valence electrons. The lowest BCUT2D eigenvalue weighted by Crippen LogP contribution is -2.50. The number of hydrazine groups is 2. The zero-order chi connectivity index (χ0) is 21.3. The summed E-state index contributed by atoms with van der Waals surface area (Å²) in [6.07, 6.45) is 5.02. The van der Waals surface area contributed by atoms with Crippen molar-refractivity contribution in [2.24, 2.45) is 5.10 Å². The molecule has 9 nitrogen and oxygen atoms in total. The highest BCUT2D eigenvalue weighted by Crippen LogP contribution is 2.33. The van der Waals surface area contributed by atoms with Gasteiger partial charge in [0.1, 0.15) is 11.9 Å². The Balaban J connectivity index is 1.39. The van der Waals surface area contributed by atoms with Gasteiger partial charge in [0, 0.05) is 30.7 Å². The second kappa shape index (κ2) is 8.14. The molecule has 0 atom stereocenters. The Kier molecular flexibility index (Phi) is 5.55. The fourth-order valence-electron chi connectivity index (χ4n) is 3.88. The Morgan fingerprint density at radius 1 is 1.07 bits per heavy atom. The Labute approximate surface area is 177 Å². The van der Waals surface area contributed by atoms with E-state index in [4.69, 9.17) is 4.74 Å². The third-order valence-electron chi connectivity index (χ3n) is 5.48. The molecule has 2 N–H and O–H groups in total. The van der Waals surface area contributed by atoms with Crippen LogP contribution < -0.4 is 16.1 Å². The van der Waals surface area contributed by atoms with Gasteiger partial charge in [0.05, 0.1) is 5.69 Å². The first-order chi connectivity index (χ1) is 14.3. The Bertz CT molecular complexity index is 807. The molecule has 2 amide bonds. The molecule has 0 aromatic heterocycles. The Morgan fingerprint density at radius 3 is 2.23 bits per heavy atom. The number of anilines is 1. The number of hydrazone groups is 1. The van der Waals surface area contributed by atoms with Crippen LogP contribution in [0.5, 0.6) is 0 Å². The maximum atomic E-state index is 13.3. The molecule has 2 fully saturated rings. The minimum atomic E-state index is -0.497. The van der Waals surface area contributed by atoms with Gasteiger partial charge in [0.15, 0.2) is 0 Å². The molecular weight excluding hydrogens is 384 g/mol. The van der Waals surface area contributed by atoms with Gasteiger partial charge in [-0.05, 0) is 70.7 Å². The number of amides is 2. The molecule has 1 aliphatic carbocycles. The van der Waals surface area contributed by atoms with Crippen LogP contribution in [0.3, 0.4) is 0 Å². The van der Waals surface area contributed by atoms with E-state index >= 15 is 0 Å². The average Bonchev–Trinajstić information content (AvgIpc) is 3.39. The van der Waals surface area contributed by atoms with Gasteiger partial charge in [0.2, 0.25) is 0 Å². The smallest absolute Gasteiger partial charge is 0.410 e. The number of piperidine rings is 1. The third kappa shape index (κ3) is 4.67. The summed E-state index contributed by atoms with van der Waals surface area (Å²) in [5.41, 5.74) is 6.60. The molecular formula is C21H30N6O3. The normalized spacial score (nSPS) is 19.6. The number of rotatable bonds is 4. The highest BCUT2D eigenvalue weighted by Gasteiger charge is 2.39.